The third kappa shape index (κ3) is 2.18. The molecule has 3 saturated heterocycles. The van der Waals surface area contributed by atoms with Gasteiger partial charge in [0.25, 0.3) is 5.91 Å². The number of benzene rings is 1. The van der Waals surface area contributed by atoms with Gasteiger partial charge in [0, 0.05) is 11.1 Å². The molecule has 0 aromatic heterocycles. The fraction of sp³-hybridized carbons (Fsp3) is 0.562. The van der Waals surface area contributed by atoms with Crippen molar-refractivity contribution in [2.75, 3.05) is 13.1 Å². The summed E-state index contributed by atoms with van der Waals surface area (Å²) >= 11 is 11.9. The lowest BCUT2D eigenvalue weighted by Gasteiger charge is -2.52. The molecule has 1 aromatic rings. The van der Waals surface area contributed by atoms with Crippen LogP contribution in [0, 0.1) is 5.92 Å². The summed E-state index contributed by atoms with van der Waals surface area (Å²) in [7, 11) is 0. The molecule has 1 N–H and O–H groups in total. The first-order valence-electron chi connectivity index (χ1n) is 7.61. The average Bonchev–Trinajstić information content (AvgIpc) is 3.27. The molecule has 3 heterocycles. The van der Waals surface area contributed by atoms with E-state index in [0.717, 1.165) is 0 Å². The second kappa shape index (κ2) is 4.87. The van der Waals surface area contributed by atoms with Crippen LogP contribution in [0.3, 0.4) is 0 Å². The maximum absolute atomic E-state index is 12.5. The Hall–Kier alpha value is -0.770. The third-order valence-corrected chi connectivity index (χ3v) is 6.19. The Bertz CT molecular complexity index is 592. The monoisotopic (exact) mass is 324 g/mol. The second-order valence-corrected chi connectivity index (χ2v) is 7.32. The number of fused-ring (bicyclic) bond motifs is 2. The highest BCUT2D eigenvalue weighted by atomic mass is 35.5. The Balaban J connectivity index is 1.55. The van der Waals surface area contributed by atoms with E-state index in [1.807, 2.05) is 0 Å². The lowest BCUT2D eigenvalue weighted by molar-refractivity contribution is -0.00144. The van der Waals surface area contributed by atoms with E-state index in [-0.39, 0.29) is 11.4 Å². The van der Waals surface area contributed by atoms with Crippen molar-refractivity contribution < 1.29 is 4.79 Å². The fourth-order valence-corrected chi connectivity index (χ4v) is 4.48. The summed E-state index contributed by atoms with van der Waals surface area (Å²) in [4.78, 5) is 15.1. The van der Waals surface area contributed by atoms with E-state index >= 15 is 0 Å². The van der Waals surface area contributed by atoms with Gasteiger partial charge in [-0.3, -0.25) is 9.69 Å². The standard InChI is InChI=1S/C16H18Cl2N2O/c17-12-2-1-11(9-13(12)18)15(21)19-14-10-3-7-20(8-4-10)16(14)5-6-16/h1-2,9-10,14H,3-8H2,(H,19,21)/t14-/m0/s1. The van der Waals surface area contributed by atoms with Gasteiger partial charge in [0.15, 0.2) is 0 Å². The summed E-state index contributed by atoms with van der Waals surface area (Å²) in [6.07, 6.45) is 4.84. The topological polar surface area (TPSA) is 32.3 Å². The number of rotatable bonds is 2. The van der Waals surface area contributed by atoms with Crippen molar-refractivity contribution in [3.8, 4) is 0 Å². The Morgan fingerprint density at radius 2 is 1.90 bits per heavy atom. The zero-order valence-corrected chi connectivity index (χ0v) is 13.3. The minimum atomic E-state index is -0.0291. The maximum Gasteiger partial charge on any atom is 0.251 e. The average molecular weight is 325 g/mol. The van der Waals surface area contributed by atoms with Gasteiger partial charge in [-0.25, -0.2) is 0 Å². The lowest BCUT2D eigenvalue weighted by atomic mass is 9.77. The minimum absolute atomic E-state index is 0.0291. The molecule has 21 heavy (non-hydrogen) atoms. The van der Waals surface area contributed by atoms with Crippen molar-refractivity contribution in [2.24, 2.45) is 5.92 Å². The predicted octanol–water partition coefficient (Wildman–Crippen LogP) is 3.35. The van der Waals surface area contributed by atoms with Crippen molar-refractivity contribution in [1.82, 2.24) is 10.2 Å². The zero-order valence-electron chi connectivity index (χ0n) is 11.7. The van der Waals surface area contributed by atoms with Crippen molar-refractivity contribution >= 4 is 29.1 Å². The Labute approximate surface area is 134 Å². The highest BCUT2D eigenvalue weighted by Gasteiger charge is 2.60. The molecule has 1 spiro atoms. The van der Waals surface area contributed by atoms with Gasteiger partial charge in [0.2, 0.25) is 0 Å². The van der Waals surface area contributed by atoms with E-state index in [4.69, 9.17) is 23.2 Å². The van der Waals surface area contributed by atoms with Gasteiger partial charge in [-0.05, 0) is 62.9 Å². The third-order valence-electron chi connectivity index (χ3n) is 5.45. The predicted molar refractivity (Wildman–Crippen MR) is 84.0 cm³/mol. The van der Waals surface area contributed by atoms with Crippen LogP contribution in [-0.4, -0.2) is 35.5 Å². The molecule has 1 aromatic carbocycles. The van der Waals surface area contributed by atoms with E-state index in [1.165, 1.54) is 38.8 Å². The molecule has 3 nitrogen and oxygen atoms in total. The Morgan fingerprint density at radius 3 is 2.52 bits per heavy atom. The molecule has 4 fully saturated rings. The van der Waals surface area contributed by atoms with E-state index < -0.39 is 0 Å². The van der Waals surface area contributed by atoms with Crippen LogP contribution in [0.25, 0.3) is 0 Å². The second-order valence-electron chi connectivity index (χ2n) is 6.51. The first-order valence-corrected chi connectivity index (χ1v) is 8.37. The van der Waals surface area contributed by atoms with Gasteiger partial charge in [-0.2, -0.15) is 0 Å². The van der Waals surface area contributed by atoms with Crippen molar-refractivity contribution in [3.05, 3.63) is 33.8 Å². The van der Waals surface area contributed by atoms with Gasteiger partial charge < -0.3 is 5.32 Å². The molecule has 0 radical (unpaired) electrons. The summed E-state index contributed by atoms with van der Waals surface area (Å²) < 4.78 is 0. The zero-order chi connectivity index (χ0) is 14.6. The molecule has 3 aliphatic heterocycles. The summed E-state index contributed by atoms with van der Waals surface area (Å²) in [5.74, 6) is 0.600. The molecular formula is C16H18Cl2N2O. The first-order chi connectivity index (χ1) is 10.1. The summed E-state index contributed by atoms with van der Waals surface area (Å²) in [6, 6.07) is 5.37. The highest BCUT2D eigenvalue weighted by molar-refractivity contribution is 6.42. The molecule has 1 aliphatic carbocycles. The molecular weight excluding hydrogens is 307 g/mol. The number of hydrogen-bond acceptors (Lipinski definition) is 2. The molecule has 0 unspecified atom stereocenters. The van der Waals surface area contributed by atoms with Crippen LogP contribution in [0.15, 0.2) is 18.2 Å². The number of amides is 1. The molecule has 2 bridgehead atoms. The van der Waals surface area contributed by atoms with Gasteiger partial charge in [0.1, 0.15) is 0 Å². The number of carbonyl (C=O) groups is 1. The molecule has 1 atom stereocenters. The molecule has 112 valence electrons. The van der Waals surface area contributed by atoms with Crippen molar-refractivity contribution in [1.29, 1.82) is 0 Å². The quantitative estimate of drug-likeness (QED) is 0.904. The number of hydrogen-bond donors (Lipinski definition) is 1. The summed E-state index contributed by atoms with van der Waals surface area (Å²) in [5, 5.41) is 4.19. The Kier molecular flexibility index (Phi) is 3.21. The first kappa shape index (κ1) is 13.9. The highest BCUT2D eigenvalue weighted by Crippen LogP contribution is 2.53. The van der Waals surface area contributed by atoms with Crippen molar-refractivity contribution in [2.45, 2.75) is 37.3 Å². The van der Waals surface area contributed by atoms with Crippen LogP contribution >= 0.6 is 23.2 Å². The van der Waals surface area contributed by atoms with Crippen LogP contribution in [0.4, 0.5) is 0 Å². The minimum Gasteiger partial charge on any atom is -0.347 e. The molecule has 1 saturated carbocycles. The molecule has 1 amide bonds. The molecule has 4 aliphatic rings. The van der Waals surface area contributed by atoms with Gasteiger partial charge in [-0.1, -0.05) is 23.2 Å². The van der Waals surface area contributed by atoms with Crippen LogP contribution in [-0.2, 0) is 0 Å². The van der Waals surface area contributed by atoms with Gasteiger partial charge >= 0.3 is 0 Å². The summed E-state index contributed by atoms with van der Waals surface area (Å²) in [6.45, 7) is 2.40. The Morgan fingerprint density at radius 1 is 1.19 bits per heavy atom. The SMILES string of the molecule is O=C(N[C@H]1C2CCN(CC2)C12CC2)c1ccc(Cl)c(Cl)c1. The van der Waals surface area contributed by atoms with Crippen LogP contribution < -0.4 is 5.32 Å². The van der Waals surface area contributed by atoms with E-state index in [9.17, 15) is 4.79 Å². The lowest BCUT2D eigenvalue weighted by Crippen LogP contribution is -2.65. The van der Waals surface area contributed by atoms with E-state index in [1.54, 1.807) is 18.2 Å². The maximum atomic E-state index is 12.5. The van der Waals surface area contributed by atoms with Crippen molar-refractivity contribution in [3.63, 3.8) is 0 Å². The number of halogens is 2. The number of carbonyl (C=O) groups excluding carboxylic acids is 1. The number of piperidine rings is 3. The van der Waals surface area contributed by atoms with Gasteiger partial charge in [-0.15, -0.1) is 0 Å². The molecule has 5 heteroatoms. The van der Waals surface area contributed by atoms with Crippen LogP contribution in [0.1, 0.15) is 36.0 Å². The molecule has 5 rings (SSSR count). The smallest absolute Gasteiger partial charge is 0.251 e. The normalized spacial score (nSPS) is 32.2. The fourth-order valence-electron chi connectivity index (χ4n) is 4.18. The van der Waals surface area contributed by atoms with Crippen LogP contribution in [0.5, 0.6) is 0 Å². The summed E-state index contributed by atoms with van der Waals surface area (Å²) in [5.41, 5.74) is 0.851. The van der Waals surface area contributed by atoms with E-state index in [2.05, 4.69) is 10.2 Å². The largest absolute Gasteiger partial charge is 0.347 e. The van der Waals surface area contributed by atoms with Crippen LogP contribution in [0.2, 0.25) is 10.0 Å². The van der Waals surface area contributed by atoms with E-state index in [0.29, 0.717) is 27.6 Å². The number of nitrogens with zero attached hydrogens (tertiary/aromatic N) is 1. The van der Waals surface area contributed by atoms with Gasteiger partial charge in [0.05, 0.1) is 16.1 Å². The number of nitrogens with one attached hydrogen (secondary N) is 1.